The van der Waals surface area contributed by atoms with Crippen molar-refractivity contribution in [3.63, 3.8) is 0 Å². The van der Waals surface area contributed by atoms with Gasteiger partial charge in [0.15, 0.2) is 0 Å². The maximum absolute atomic E-state index is 13.2. The molecular weight excluding hydrogens is 360 g/mol. The van der Waals surface area contributed by atoms with Gasteiger partial charge in [0.1, 0.15) is 22.3 Å². The molecule has 0 spiro atoms. The average Bonchev–Trinajstić information content (AvgIpc) is 2.73. The maximum Gasteiger partial charge on any atom is 0.344 e. The van der Waals surface area contributed by atoms with E-state index >= 15 is 0 Å². The highest BCUT2D eigenvalue weighted by molar-refractivity contribution is 5.93. The molecule has 0 aliphatic carbocycles. The van der Waals surface area contributed by atoms with Gasteiger partial charge in [0.05, 0.1) is 12.5 Å². The van der Waals surface area contributed by atoms with E-state index in [2.05, 4.69) is 0 Å². The number of carbonyl (C=O) groups is 1. The van der Waals surface area contributed by atoms with Gasteiger partial charge in [-0.3, -0.25) is 4.79 Å². The number of fused-ring (bicyclic) bond motifs is 3. The second-order valence-electron chi connectivity index (χ2n) is 6.56. The molecule has 2 heterocycles. The molecule has 28 heavy (non-hydrogen) atoms. The van der Waals surface area contributed by atoms with E-state index in [9.17, 15) is 9.59 Å². The molecule has 6 nitrogen and oxygen atoms in total. The van der Waals surface area contributed by atoms with Crippen molar-refractivity contribution in [2.24, 2.45) is 0 Å². The Bertz CT molecular complexity index is 1070. The number of ether oxygens (including phenoxy) is 3. The lowest BCUT2D eigenvalue weighted by Gasteiger charge is -2.39. The summed E-state index contributed by atoms with van der Waals surface area (Å²) in [4.78, 5) is 26.2. The summed E-state index contributed by atoms with van der Waals surface area (Å²) in [6.07, 6.45) is -0.616. The summed E-state index contributed by atoms with van der Waals surface area (Å²) in [6, 6.07) is 16.1. The van der Waals surface area contributed by atoms with Crippen molar-refractivity contribution in [3.05, 3.63) is 76.1 Å². The lowest BCUT2D eigenvalue weighted by atomic mass is 9.70. The molecule has 1 aromatic heterocycles. The highest BCUT2D eigenvalue weighted by Gasteiger charge is 2.53. The summed E-state index contributed by atoms with van der Waals surface area (Å²) in [5, 5.41) is 0.603. The summed E-state index contributed by atoms with van der Waals surface area (Å²) in [6.45, 7) is 2.24. The summed E-state index contributed by atoms with van der Waals surface area (Å²) in [5.41, 5.74) is -0.874. The molecule has 1 aliphatic rings. The van der Waals surface area contributed by atoms with Gasteiger partial charge in [-0.2, -0.15) is 0 Å². The Morgan fingerprint density at radius 3 is 2.57 bits per heavy atom. The summed E-state index contributed by atoms with van der Waals surface area (Å²) in [5.74, 6) is -0.263. The van der Waals surface area contributed by atoms with Crippen molar-refractivity contribution in [2.45, 2.75) is 25.0 Å². The molecule has 0 radical (unpaired) electrons. The molecule has 0 saturated carbocycles. The van der Waals surface area contributed by atoms with E-state index in [4.69, 9.17) is 18.6 Å². The normalized spacial score (nSPS) is 21.0. The minimum atomic E-state index is -1.39. The van der Waals surface area contributed by atoms with Crippen LogP contribution in [-0.4, -0.2) is 26.0 Å². The standard InChI is InChI=1S/C22H20O6/c1-3-26-17-13-22(21(24)25-2,14-9-5-4-6-10-14)18-19(28-17)15-11-7-8-12-16(15)27-20(18)23/h4-12,17H,3,13H2,1-2H3/t17-,22-/m0/s1. The number of benzene rings is 2. The minimum Gasteiger partial charge on any atom is -0.468 e. The molecule has 144 valence electrons. The SMILES string of the molecule is CCO[C@@H]1C[C@](C(=O)OC)(c2ccccc2)c2c(c3ccccc3oc2=O)O1. The molecule has 0 bridgehead atoms. The number of rotatable bonds is 4. The van der Waals surface area contributed by atoms with Crippen molar-refractivity contribution >= 4 is 16.9 Å². The zero-order valence-electron chi connectivity index (χ0n) is 15.6. The van der Waals surface area contributed by atoms with Crippen LogP contribution in [0.15, 0.2) is 63.8 Å². The Kier molecular flexibility index (Phi) is 4.65. The van der Waals surface area contributed by atoms with Crippen LogP contribution in [0.4, 0.5) is 0 Å². The van der Waals surface area contributed by atoms with Crippen LogP contribution < -0.4 is 10.4 Å². The van der Waals surface area contributed by atoms with Gasteiger partial charge in [-0.1, -0.05) is 42.5 Å². The summed E-state index contributed by atoms with van der Waals surface area (Å²) in [7, 11) is 1.31. The molecule has 0 unspecified atom stereocenters. The van der Waals surface area contributed by atoms with Crippen LogP contribution in [0, 0.1) is 0 Å². The van der Waals surface area contributed by atoms with Crippen molar-refractivity contribution in [2.75, 3.05) is 13.7 Å². The van der Waals surface area contributed by atoms with E-state index in [1.54, 1.807) is 30.3 Å². The number of hydrogen-bond donors (Lipinski definition) is 0. The van der Waals surface area contributed by atoms with Gasteiger partial charge in [0.25, 0.3) is 0 Å². The molecule has 0 amide bonds. The maximum atomic E-state index is 13.2. The molecule has 2 atom stereocenters. The van der Waals surface area contributed by atoms with Crippen LogP contribution in [0.2, 0.25) is 0 Å². The van der Waals surface area contributed by atoms with Crippen molar-refractivity contribution in [1.82, 2.24) is 0 Å². The molecular formula is C22H20O6. The third-order valence-corrected chi connectivity index (χ3v) is 5.07. The summed E-state index contributed by atoms with van der Waals surface area (Å²) < 4.78 is 22.5. The highest BCUT2D eigenvalue weighted by Crippen LogP contribution is 2.47. The van der Waals surface area contributed by atoms with Crippen LogP contribution in [0.1, 0.15) is 24.5 Å². The molecule has 1 aliphatic heterocycles. The predicted octanol–water partition coefficient (Wildman–Crippen LogP) is 3.40. The monoisotopic (exact) mass is 380 g/mol. The van der Waals surface area contributed by atoms with Gasteiger partial charge in [-0.15, -0.1) is 0 Å². The first-order valence-corrected chi connectivity index (χ1v) is 9.10. The predicted molar refractivity (Wildman–Crippen MR) is 102 cm³/mol. The highest BCUT2D eigenvalue weighted by atomic mass is 16.7. The third-order valence-electron chi connectivity index (χ3n) is 5.07. The molecule has 0 fully saturated rings. The average molecular weight is 380 g/mol. The van der Waals surface area contributed by atoms with Crippen LogP contribution >= 0.6 is 0 Å². The van der Waals surface area contributed by atoms with Gasteiger partial charge >= 0.3 is 11.6 Å². The second-order valence-corrected chi connectivity index (χ2v) is 6.56. The number of para-hydroxylation sites is 1. The fourth-order valence-corrected chi connectivity index (χ4v) is 3.88. The van der Waals surface area contributed by atoms with E-state index in [1.807, 2.05) is 31.2 Å². The van der Waals surface area contributed by atoms with Crippen LogP contribution in [-0.2, 0) is 19.7 Å². The number of methoxy groups -OCH3 is 1. The Morgan fingerprint density at radius 2 is 1.86 bits per heavy atom. The van der Waals surface area contributed by atoms with Crippen molar-refractivity contribution in [1.29, 1.82) is 0 Å². The zero-order valence-corrected chi connectivity index (χ0v) is 15.6. The Balaban J connectivity index is 2.11. The van der Waals surface area contributed by atoms with Gasteiger partial charge in [-0.05, 0) is 24.6 Å². The van der Waals surface area contributed by atoms with Crippen LogP contribution in [0.3, 0.4) is 0 Å². The molecule has 4 rings (SSSR count). The first kappa shape index (κ1) is 18.3. The quantitative estimate of drug-likeness (QED) is 0.510. The fourth-order valence-electron chi connectivity index (χ4n) is 3.88. The van der Waals surface area contributed by atoms with Gasteiger partial charge < -0.3 is 18.6 Å². The van der Waals surface area contributed by atoms with Gasteiger partial charge in [-0.25, -0.2) is 4.79 Å². The first-order valence-electron chi connectivity index (χ1n) is 9.10. The zero-order chi connectivity index (χ0) is 19.7. The van der Waals surface area contributed by atoms with Crippen LogP contribution in [0.5, 0.6) is 5.75 Å². The molecule has 3 aromatic rings. The lowest BCUT2D eigenvalue weighted by molar-refractivity contribution is -0.154. The van der Waals surface area contributed by atoms with E-state index in [0.29, 0.717) is 28.9 Å². The molecule has 0 saturated heterocycles. The number of hydrogen-bond acceptors (Lipinski definition) is 6. The van der Waals surface area contributed by atoms with Gasteiger partial charge in [0, 0.05) is 13.0 Å². The fraction of sp³-hybridized carbons (Fsp3) is 0.273. The Labute approximate surface area is 161 Å². The third kappa shape index (κ3) is 2.68. The van der Waals surface area contributed by atoms with E-state index < -0.39 is 23.3 Å². The number of esters is 1. The Morgan fingerprint density at radius 1 is 1.14 bits per heavy atom. The van der Waals surface area contributed by atoms with E-state index in [1.165, 1.54) is 7.11 Å². The molecule has 0 N–H and O–H groups in total. The smallest absolute Gasteiger partial charge is 0.344 e. The second kappa shape index (κ2) is 7.13. The summed E-state index contributed by atoms with van der Waals surface area (Å²) >= 11 is 0. The van der Waals surface area contributed by atoms with E-state index in [0.717, 1.165) is 0 Å². The van der Waals surface area contributed by atoms with Crippen molar-refractivity contribution in [3.8, 4) is 5.75 Å². The van der Waals surface area contributed by atoms with Gasteiger partial charge in [0.2, 0.25) is 6.29 Å². The lowest BCUT2D eigenvalue weighted by Crippen LogP contribution is -2.49. The largest absolute Gasteiger partial charge is 0.468 e. The van der Waals surface area contributed by atoms with E-state index in [-0.39, 0.29) is 12.0 Å². The molecule has 2 aromatic carbocycles. The molecule has 6 heteroatoms. The Hall–Kier alpha value is -3.12. The topological polar surface area (TPSA) is 75.0 Å². The first-order chi connectivity index (χ1) is 13.6. The van der Waals surface area contributed by atoms with Crippen molar-refractivity contribution < 1.29 is 23.4 Å². The minimum absolute atomic E-state index is 0.105. The number of carbonyl (C=O) groups excluding carboxylic acids is 1. The van der Waals surface area contributed by atoms with Crippen LogP contribution in [0.25, 0.3) is 11.0 Å².